The molecule has 1 heterocycles. The van der Waals surface area contributed by atoms with Crippen LogP contribution < -0.4 is 5.32 Å². The average molecular weight is 389 g/mol. The first-order valence-electron chi connectivity index (χ1n) is 8.17. The zero-order chi connectivity index (χ0) is 19.6. The number of amides is 1. The average Bonchev–Trinajstić information content (AvgIpc) is 3.09. The summed E-state index contributed by atoms with van der Waals surface area (Å²) >= 11 is 1.08. The van der Waals surface area contributed by atoms with E-state index in [1.165, 1.54) is 6.07 Å². The van der Waals surface area contributed by atoms with Crippen molar-refractivity contribution in [3.8, 4) is 11.5 Å². The Bertz CT molecular complexity index is 991. The fourth-order valence-corrected chi connectivity index (χ4v) is 2.95. The molecule has 1 amide bonds. The summed E-state index contributed by atoms with van der Waals surface area (Å²) in [5.41, 5.74) is 3.25. The van der Waals surface area contributed by atoms with Crippen molar-refractivity contribution in [3.05, 3.63) is 59.2 Å². The van der Waals surface area contributed by atoms with Crippen LogP contribution in [0.3, 0.4) is 0 Å². The summed E-state index contributed by atoms with van der Waals surface area (Å²) in [7, 11) is 0. The number of rotatable bonds is 5. The second kappa shape index (κ2) is 7.87. The van der Waals surface area contributed by atoms with E-state index in [0.717, 1.165) is 40.6 Å². The van der Waals surface area contributed by atoms with Crippen molar-refractivity contribution in [2.45, 2.75) is 31.2 Å². The summed E-state index contributed by atoms with van der Waals surface area (Å²) in [6, 6.07) is 8.99. The number of halogens is 2. The van der Waals surface area contributed by atoms with E-state index in [1.807, 2.05) is 32.0 Å². The van der Waals surface area contributed by atoms with Crippen LogP contribution in [0.4, 0.5) is 14.5 Å². The Kier molecular flexibility index (Phi) is 5.55. The zero-order valence-corrected chi connectivity index (χ0v) is 15.7. The van der Waals surface area contributed by atoms with Crippen molar-refractivity contribution < 1.29 is 18.0 Å². The predicted octanol–water partition coefficient (Wildman–Crippen LogP) is 4.75. The highest BCUT2D eigenvalue weighted by atomic mass is 32.2. The maximum absolute atomic E-state index is 13.2. The van der Waals surface area contributed by atoms with E-state index < -0.39 is 22.8 Å². The lowest BCUT2D eigenvalue weighted by Crippen LogP contribution is -2.22. The molecular formula is C19H17F2N3O2S. The quantitative estimate of drug-likeness (QED) is 0.638. The van der Waals surface area contributed by atoms with E-state index in [1.54, 1.807) is 6.92 Å². The second-order valence-electron chi connectivity index (χ2n) is 6.05. The van der Waals surface area contributed by atoms with Crippen LogP contribution in [0.1, 0.15) is 18.1 Å². The number of hydrogen-bond acceptors (Lipinski definition) is 5. The third-order valence-corrected chi connectivity index (χ3v) is 4.93. The molecule has 5 nitrogen and oxygen atoms in total. The van der Waals surface area contributed by atoms with Crippen molar-refractivity contribution in [2.75, 3.05) is 5.32 Å². The summed E-state index contributed by atoms with van der Waals surface area (Å²) in [5, 5.41) is 10.2. The molecule has 8 heteroatoms. The first-order valence-corrected chi connectivity index (χ1v) is 9.05. The maximum Gasteiger partial charge on any atom is 0.277 e. The molecule has 140 valence electrons. The van der Waals surface area contributed by atoms with E-state index in [-0.39, 0.29) is 10.9 Å². The van der Waals surface area contributed by atoms with Gasteiger partial charge in [0.15, 0.2) is 11.6 Å². The van der Waals surface area contributed by atoms with Crippen LogP contribution in [-0.4, -0.2) is 21.4 Å². The van der Waals surface area contributed by atoms with Crippen LogP contribution in [-0.2, 0) is 4.79 Å². The molecule has 0 fully saturated rings. The molecule has 0 radical (unpaired) electrons. The lowest BCUT2D eigenvalue weighted by molar-refractivity contribution is -0.115. The largest absolute Gasteiger partial charge is 0.411 e. The highest BCUT2D eigenvalue weighted by Gasteiger charge is 2.19. The first kappa shape index (κ1) is 19.0. The Labute approximate surface area is 159 Å². The second-order valence-corrected chi connectivity index (χ2v) is 7.34. The molecular weight excluding hydrogens is 372 g/mol. The van der Waals surface area contributed by atoms with Gasteiger partial charge < -0.3 is 9.73 Å². The minimum absolute atomic E-state index is 0.174. The number of benzene rings is 2. The SMILES string of the molecule is Cc1ccc(-c2nnc(S[C@H](C)C(=O)Nc3ccc(F)c(F)c3)o2)cc1C. The number of anilines is 1. The van der Waals surface area contributed by atoms with Crippen LogP contribution in [0.2, 0.25) is 0 Å². The Morgan fingerprint density at radius 3 is 2.56 bits per heavy atom. The smallest absolute Gasteiger partial charge is 0.277 e. The lowest BCUT2D eigenvalue weighted by atomic mass is 10.1. The fraction of sp³-hybridized carbons (Fsp3) is 0.211. The van der Waals surface area contributed by atoms with E-state index in [0.29, 0.717) is 5.89 Å². The fourth-order valence-electron chi connectivity index (χ4n) is 2.27. The molecule has 3 aromatic rings. The van der Waals surface area contributed by atoms with Gasteiger partial charge in [-0.2, -0.15) is 0 Å². The first-order chi connectivity index (χ1) is 12.8. The number of hydrogen-bond donors (Lipinski definition) is 1. The molecule has 1 aromatic heterocycles. The maximum atomic E-state index is 13.2. The Hall–Kier alpha value is -2.74. The molecule has 27 heavy (non-hydrogen) atoms. The van der Waals surface area contributed by atoms with E-state index in [2.05, 4.69) is 15.5 Å². The van der Waals surface area contributed by atoms with Gasteiger partial charge in [-0.25, -0.2) is 8.78 Å². The minimum Gasteiger partial charge on any atom is -0.411 e. The lowest BCUT2D eigenvalue weighted by Gasteiger charge is -2.10. The van der Waals surface area contributed by atoms with Crippen molar-refractivity contribution in [3.63, 3.8) is 0 Å². The molecule has 0 aliphatic heterocycles. The number of nitrogens with zero attached hydrogens (tertiary/aromatic N) is 2. The molecule has 3 rings (SSSR count). The predicted molar refractivity (Wildman–Crippen MR) is 99.5 cm³/mol. The summed E-state index contributed by atoms with van der Waals surface area (Å²) in [6.45, 7) is 5.66. The van der Waals surface area contributed by atoms with Gasteiger partial charge in [-0.05, 0) is 56.2 Å². The summed E-state index contributed by atoms with van der Waals surface area (Å²) in [6.07, 6.45) is 0. The molecule has 0 saturated heterocycles. The Morgan fingerprint density at radius 1 is 1.07 bits per heavy atom. The third-order valence-electron chi connectivity index (χ3n) is 3.99. The molecule has 0 unspecified atom stereocenters. The van der Waals surface area contributed by atoms with Gasteiger partial charge in [-0.1, -0.05) is 17.8 Å². The molecule has 0 bridgehead atoms. The van der Waals surface area contributed by atoms with Crippen molar-refractivity contribution in [1.82, 2.24) is 10.2 Å². The molecule has 0 aliphatic rings. The summed E-state index contributed by atoms with van der Waals surface area (Å²) in [4.78, 5) is 12.2. The zero-order valence-electron chi connectivity index (χ0n) is 14.9. The molecule has 0 aliphatic carbocycles. The summed E-state index contributed by atoms with van der Waals surface area (Å²) in [5.74, 6) is -2.02. The van der Waals surface area contributed by atoms with Gasteiger partial charge in [0.2, 0.25) is 11.8 Å². The van der Waals surface area contributed by atoms with E-state index in [4.69, 9.17) is 4.42 Å². The molecule has 0 saturated carbocycles. The molecule has 0 spiro atoms. The highest BCUT2D eigenvalue weighted by Crippen LogP contribution is 2.27. The Balaban J connectivity index is 1.66. The number of thioether (sulfide) groups is 1. The number of aryl methyl sites for hydroxylation is 2. The van der Waals surface area contributed by atoms with Gasteiger partial charge >= 0.3 is 0 Å². The number of nitrogens with one attached hydrogen (secondary N) is 1. The number of carbonyl (C=O) groups excluding carboxylic acids is 1. The third kappa shape index (κ3) is 4.51. The van der Waals surface area contributed by atoms with E-state index >= 15 is 0 Å². The van der Waals surface area contributed by atoms with Gasteiger partial charge in [0.25, 0.3) is 5.22 Å². The topological polar surface area (TPSA) is 68.0 Å². The van der Waals surface area contributed by atoms with Gasteiger partial charge in [0.05, 0.1) is 5.25 Å². The van der Waals surface area contributed by atoms with Crippen LogP contribution in [0, 0.1) is 25.5 Å². The van der Waals surface area contributed by atoms with Crippen molar-refractivity contribution in [2.24, 2.45) is 0 Å². The molecule has 2 aromatic carbocycles. The van der Waals surface area contributed by atoms with Crippen LogP contribution in [0.25, 0.3) is 11.5 Å². The number of carbonyl (C=O) groups is 1. The van der Waals surface area contributed by atoms with Gasteiger partial charge in [0, 0.05) is 17.3 Å². The van der Waals surface area contributed by atoms with Gasteiger partial charge in [-0.3, -0.25) is 4.79 Å². The van der Waals surface area contributed by atoms with Gasteiger partial charge in [0.1, 0.15) is 0 Å². The van der Waals surface area contributed by atoms with Gasteiger partial charge in [-0.15, -0.1) is 10.2 Å². The highest BCUT2D eigenvalue weighted by molar-refractivity contribution is 8.00. The molecule has 1 atom stereocenters. The van der Waals surface area contributed by atoms with E-state index in [9.17, 15) is 13.6 Å². The van der Waals surface area contributed by atoms with Crippen LogP contribution in [0.5, 0.6) is 0 Å². The minimum atomic E-state index is -1.02. The number of aromatic nitrogens is 2. The van der Waals surface area contributed by atoms with Crippen molar-refractivity contribution in [1.29, 1.82) is 0 Å². The Morgan fingerprint density at radius 2 is 1.85 bits per heavy atom. The summed E-state index contributed by atoms with van der Waals surface area (Å²) < 4.78 is 31.8. The monoisotopic (exact) mass is 389 g/mol. The van der Waals surface area contributed by atoms with Crippen LogP contribution in [0.15, 0.2) is 46.0 Å². The standard InChI is InChI=1S/C19H17F2N3O2S/c1-10-4-5-13(8-11(10)2)18-23-24-19(26-18)27-12(3)17(25)22-14-6-7-15(20)16(21)9-14/h4-9,12H,1-3H3,(H,22,25)/t12-/m1/s1. The van der Waals surface area contributed by atoms with Crippen molar-refractivity contribution >= 4 is 23.4 Å². The van der Waals surface area contributed by atoms with Crippen LogP contribution >= 0.6 is 11.8 Å². The molecule has 1 N–H and O–H groups in total. The normalized spacial score (nSPS) is 12.0.